The molecule has 0 aliphatic carbocycles. The molecule has 3 aromatic carbocycles. The second kappa shape index (κ2) is 12.0. The minimum Gasteiger partial charge on any atom is -0.545 e. The summed E-state index contributed by atoms with van der Waals surface area (Å²) in [5.41, 5.74) is 1.13. The summed E-state index contributed by atoms with van der Waals surface area (Å²) in [7, 11) is -3.92. The molecule has 33 heavy (non-hydrogen) atoms. The Labute approximate surface area is 219 Å². The van der Waals surface area contributed by atoms with Crippen molar-refractivity contribution >= 4 is 27.4 Å². The Hall–Kier alpha value is -1.91. The number of phenols is 1. The van der Waals surface area contributed by atoms with Gasteiger partial charge in [-0.25, -0.2) is 8.42 Å². The number of nitrogens with one attached hydrogen (secondary N) is 1. The number of aromatic hydroxyl groups is 1. The van der Waals surface area contributed by atoms with E-state index in [4.69, 9.17) is 11.6 Å². The molecule has 3 N–H and O–H groups in total. The Balaban J connectivity index is 0.00000385. The van der Waals surface area contributed by atoms with Crippen molar-refractivity contribution in [3.05, 3.63) is 88.4 Å². The third-order valence-electron chi connectivity index (χ3n) is 4.89. The number of carboxylic acid groups (broad SMARTS) is 1. The van der Waals surface area contributed by atoms with E-state index in [0.29, 0.717) is 24.5 Å². The van der Waals surface area contributed by atoms with Gasteiger partial charge in [0.05, 0.1) is 21.9 Å². The normalized spacial score (nSPS) is 12.1. The van der Waals surface area contributed by atoms with Crippen molar-refractivity contribution in [3.8, 4) is 5.75 Å². The third-order valence-corrected chi connectivity index (χ3v) is 6.90. The van der Waals surface area contributed by atoms with E-state index < -0.39 is 33.2 Å². The summed E-state index contributed by atoms with van der Waals surface area (Å²) < 4.78 is 25.5. The van der Waals surface area contributed by atoms with E-state index in [0.717, 1.165) is 29.3 Å². The van der Waals surface area contributed by atoms with E-state index in [1.165, 1.54) is 12.1 Å². The average molecular weight is 498 g/mol. The average Bonchev–Trinajstić information content (AvgIpc) is 2.76. The summed E-state index contributed by atoms with van der Waals surface area (Å²) in [6, 6.07) is 16.3. The van der Waals surface area contributed by atoms with Crippen molar-refractivity contribution in [1.29, 1.82) is 0 Å². The Bertz CT molecular complexity index is 1220. The van der Waals surface area contributed by atoms with Gasteiger partial charge in [0.25, 0.3) is 0 Å². The number of sulfone groups is 1. The SMILES string of the molecule is O=C([O-])c1ccc(S(=O)(=O)c2ccc(CCNC[C@H](O)c3cccc(Cl)c3)cc2)cc1O.[Na+]. The van der Waals surface area contributed by atoms with Gasteiger partial charge in [-0.1, -0.05) is 35.9 Å². The van der Waals surface area contributed by atoms with Gasteiger partial charge in [-0.2, -0.15) is 0 Å². The van der Waals surface area contributed by atoms with Crippen LogP contribution < -0.4 is 40.0 Å². The zero-order chi connectivity index (χ0) is 23.3. The van der Waals surface area contributed by atoms with E-state index in [9.17, 15) is 28.5 Å². The van der Waals surface area contributed by atoms with E-state index in [1.54, 1.807) is 36.4 Å². The maximum absolute atomic E-state index is 12.7. The molecule has 0 spiro atoms. The number of aliphatic hydroxyl groups excluding tert-OH is 1. The maximum atomic E-state index is 12.7. The molecule has 0 heterocycles. The third kappa shape index (κ3) is 7.04. The molecule has 1 atom stereocenters. The van der Waals surface area contributed by atoms with Gasteiger partial charge >= 0.3 is 29.6 Å². The fourth-order valence-corrected chi connectivity index (χ4v) is 4.61. The molecular weight excluding hydrogens is 477 g/mol. The van der Waals surface area contributed by atoms with Crippen LogP contribution in [0.25, 0.3) is 0 Å². The molecule has 0 amide bonds. The van der Waals surface area contributed by atoms with Crippen LogP contribution in [0.1, 0.15) is 27.6 Å². The predicted octanol–water partition coefficient (Wildman–Crippen LogP) is -0.888. The van der Waals surface area contributed by atoms with E-state index in [-0.39, 0.29) is 39.3 Å². The molecule has 0 saturated heterocycles. The first kappa shape index (κ1) is 27.3. The Morgan fingerprint density at radius 1 is 1.03 bits per heavy atom. The molecule has 0 aliphatic rings. The molecule has 168 valence electrons. The van der Waals surface area contributed by atoms with Gasteiger partial charge in [0.1, 0.15) is 5.75 Å². The first-order chi connectivity index (χ1) is 15.2. The number of rotatable bonds is 9. The zero-order valence-electron chi connectivity index (χ0n) is 17.9. The number of benzene rings is 3. The van der Waals surface area contributed by atoms with Crippen LogP contribution in [0.4, 0.5) is 0 Å². The summed E-state index contributed by atoms with van der Waals surface area (Å²) in [4.78, 5) is 10.7. The zero-order valence-corrected chi connectivity index (χ0v) is 21.4. The molecule has 0 saturated carbocycles. The molecule has 0 fully saturated rings. The molecule has 0 aliphatic heterocycles. The molecule has 0 bridgehead atoms. The van der Waals surface area contributed by atoms with Gasteiger partial charge in [-0.3, -0.25) is 0 Å². The first-order valence-corrected chi connectivity index (χ1v) is 11.6. The van der Waals surface area contributed by atoms with E-state index in [2.05, 4.69) is 5.32 Å². The second-order valence-corrected chi connectivity index (χ2v) is 9.52. The van der Waals surface area contributed by atoms with Gasteiger partial charge < -0.3 is 25.4 Å². The number of hydrogen-bond donors (Lipinski definition) is 3. The van der Waals surface area contributed by atoms with Crippen molar-refractivity contribution in [2.75, 3.05) is 13.1 Å². The number of halogens is 1. The van der Waals surface area contributed by atoms with Crippen LogP contribution in [0.3, 0.4) is 0 Å². The fraction of sp³-hybridized carbons (Fsp3) is 0.174. The molecule has 3 aromatic rings. The Kier molecular flexibility index (Phi) is 9.93. The molecule has 0 radical (unpaired) electrons. The Morgan fingerprint density at radius 3 is 2.30 bits per heavy atom. The standard InChI is InChI=1S/C23H22ClNO6S.Na/c24-17-3-1-2-16(12-17)22(27)14-25-11-10-15-4-6-18(7-5-15)32(30,31)19-8-9-20(23(28)29)21(26)13-19;/h1-9,12-13,22,25-27H,10-11,14H2,(H,28,29);/q;+1/p-1/t22-;/m0./s1. The summed E-state index contributed by atoms with van der Waals surface area (Å²) in [6.07, 6.45) is -0.0788. The molecular formula is C23H21ClNNaO6S. The quantitative estimate of drug-likeness (QED) is 0.258. The van der Waals surface area contributed by atoms with E-state index in [1.807, 2.05) is 0 Å². The van der Waals surface area contributed by atoms with Crippen molar-refractivity contribution in [3.63, 3.8) is 0 Å². The van der Waals surface area contributed by atoms with Gasteiger partial charge in [0.2, 0.25) is 9.84 Å². The number of carbonyl (C=O) groups excluding carboxylic acids is 1. The Morgan fingerprint density at radius 2 is 1.70 bits per heavy atom. The number of aliphatic hydroxyl groups is 1. The predicted molar refractivity (Wildman–Crippen MR) is 117 cm³/mol. The van der Waals surface area contributed by atoms with Crippen molar-refractivity contribution in [1.82, 2.24) is 5.32 Å². The molecule has 0 unspecified atom stereocenters. The summed E-state index contributed by atoms with van der Waals surface area (Å²) >= 11 is 5.93. The van der Waals surface area contributed by atoms with E-state index >= 15 is 0 Å². The van der Waals surface area contributed by atoms with Crippen molar-refractivity contribution in [2.45, 2.75) is 22.3 Å². The van der Waals surface area contributed by atoms with Gasteiger partial charge in [0, 0.05) is 17.1 Å². The fourth-order valence-electron chi connectivity index (χ4n) is 3.13. The van der Waals surface area contributed by atoms with Crippen LogP contribution in [-0.4, -0.2) is 37.7 Å². The molecule has 7 nitrogen and oxygen atoms in total. The smallest absolute Gasteiger partial charge is 0.545 e. The van der Waals surface area contributed by atoms with Crippen LogP contribution in [0.15, 0.2) is 76.5 Å². The number of aromatic carboxylic acids is 1. The van der Waals surface area contributed by atoms with Gasteiger partial charge in [-0.05, 0) is 66.6 Å². The number of carbonyl (C=O) groups is 1. The van der Waals surface area contributed by atoms with Gasteiger partial charge in [-0.15, -0.1) is 0 Å². The summed E-state index contributed by atoms with van der Waals surface area (Å²) in [5, 5.41) is 34.5. The monoisotopic (exact) mass is 497 g/mol. The second-order valence-electron chi connectivity index (χ2n) is 7.14. The minimum absolute atomic E-state index is 0. The summed E-state index contributed by atoms with van der Waals surface area (Å²) in [6.45, 7) is 0.917. The minimum atomic E-state index is -3.92. The van der Waals surface area contributed by atoms with Crippen LogP contribution in [0, 0.1) is 0 Å². The van der Waals surface area contributed by atoms with Crippen LogP contribution in [0.2, 0.25) is 5.02 Å². The summed E-state index contributed by atoms with van der Waals surface area (Å²) in [5.74, 6) is -2.27. The largest absolute Gasteiger partial charge is 1.00 e. The van der Waals surface area contributed by atoms with Crippen LogP contribution in [-0.2, 0) is 16.3 Å². The molecule has 3 rings (SSSR count). The topological polar surface area (TPSA) is 127 Å². The molecule has 0 aromatic heterocycles. The van der Waals surface area contributed by atoms with Crippen molar-refractivity contribution < 1.29 is 58.1 Å². The molecule has 10 heteroatoms. The maximum Gasteiger partial charge on any atom is 1.00 e. The van der Waals surface area contributed by atoms with Gasteiger partial charge in [0.15, 0.2) is 0 Å². The number of hydrogen-bond acceptors (Lipinski definition) is 7. The first-order valence-electron chi connectivity index (χ1n) is 9.71. The van der Waals surface area contributed by atoms with Crippen LogP contribution >= 0.6 is 11.6 Å². The van der Waals surface area contributed by atoms with Crippen molar-refractivity contribution in [2.24, 2.45) is 0 Å². The number of carboxylic acids is 1. The van der Waals surface area contributed by atoms with Crippen LogP contribution in [0.5, 0.6) is 5.75 Å².